The van der Waals surface area contributed by atoms with Crippen LogP contribution in [0.5, 0.6) is 0 Å². The minimum atomic E-state index is -0.487. The predicted molar refractivity (Wildman–Crippen MR) is 93.0 cm³/mol. The van der Waals surface area contributed by atoms with Gasteiger partial charge in [-0.3, -0.25) is 0 Å². The lowest BCUT2D eigenvalue weighted by Crippen LogP contribution is -2.39. The number of halogens is 3. The van der Waals surface area contributed by atoms with Crippen molar-refractivity contribution in [3.8, 4) is 0 Å². The van der Waals surface area contributed by atoms with Crippen molar-refractivity contribution < 1.29 is 13.6 Å². The summed E-state index contributed by atoms with van der Waals surface area (Å²) < 4.78 is 27.8. The molecule has 6 heteroatoms. The lowest BCUT2D eigenvalue weighted by atomic mass is 10.0. The lowest BCUT2D eigenvalue weighted by molar-refractivity contribution is 0.206. The molecule has 24 heavy (non-hydrogen) atoms. The van der Waals surface area contributed by atoms with Gasteiger partial charge in [0.25, 0.3) is 0 Å². The van der Waals surface area contributed by atoms with Crippen LogP contribution in [0.15, 0.2) is 46.9 Å². The Bertz CT molecular complexity index is 754. The second-order valence-corrected chi connectivity index (χ2v) is 6.79. The van der Waals surface area contributed by atoms with E-state index in [1.54, 1.807) is 17.0 Å². The molecular weight excluding hydrogens is 378 g/mol. The van der Waals surface area contributed by atoms with Gasteiger partial charge in [0.15, 0.2) is 0 Å². The Morgan fingerprint density at radius 1 is 1.25 bits per heavy atom. The van der Waals surface area contributed by atoms with Crippen LogP contribution in [-0.4, -0.2) is 23.5 Å². The highest BCUT2D eigenvalue weighted by molar-refractivity contribution is 9.10. The molecule has 3 nitrogen and oxygen atoms in total. The fraction of sp³-hybridized carbons (Fsp3) is 0.278. The molecule has 0 aliphatic carbocycles. The van der Waals surface area contributed by atoms with Crippen LogP contribution in [-0.2, 0) is 6.42 Å². The van der Waals surface area contributed by atoms with E-state index >= 15 is 0 Å². The minimum absolute atomic E-state index is 0.00897. The summed E-state index contributed by atoms with van der Waals surface area (Å²) in [5.41, 5.74) is 1.01. The van der Waals surface area contributed by atoms with E-state index in [0.717, 1.165) is 18.4 Å². The highest BCUT2D eigenvalue weighted by Crippen LogP contribution is 2.24. The summed E-state index contributed by atoms with van der Waals surface area (Å²) in [6.07, 6.45) is 2.33. The van der Waals surface area contributed by atoms with Crippen LogP contribution < -0.4 is 5.32 Å². The van der Waals surface area contributed by atoms with Gasteiger partial charge in [0.2, 0.25) is 0 Å². The van der Waals surface area contributed by atoms with E-state index in [1.165, 1.54) is 24.3 Å². The molecule has 1 saturated heterocycles. The third-order valence-electron chi connectivity index (χ3n) is 4.17. The van der Waals surface area contributed by atoms with Crippen LogP contribution in [0.1, 0.15) is 18.4 Å². The first-order valence-corrected chi connectivity index (χ1v) is 8.59. The highest BCUT2D eigenvalue weighted by Gasteiger charge is 2.29. The number of nitrogens with zero attached hydrogens (tertiary/aromatic N) is 1. The molecule has 0 aromatic heterocycles. The first-order valence-electron chi connectivity index (χ1n) is 7.80. The molecule has 0 radical (unpaired) electrons. The molecule has 1 fully saturated rings. The standard InChI is InChI=1S/C18H17BrF2N2O/c19-13-6-7-17(16(21)11-13)22-18(24)23-8-2-5-15(23)10-12-3-1-4-14(20)9-12/h1,3-4,6-7,9,11,15H,2,5,8,10H2,(H,22,24). The number of likely N-dealkylation sites (tertiary alicyclic amines) is 1. The molecule has 0 saturated carbocycles. The topological polar surface area (TPSA) is 32.3 Å². The van der Waals surface area contributed by atoms with Gasteiger partial charge < -0.3 is 10.2 Å². The zero-order chi connectivity index (χ0) is 17.1. The molecule has 1 atom stereocenters. The van der Waals surface area contributed by atoms with Crippen LogP contribution in [0, 0.1) is 11.6 Å². The van der Waals surface area contributed by atoms with Gasteiger partial charge in [-0.05, 0) is 55.2 Å². The summed E-state index contributed by atoms with van der Waals surface area (Å²) in [7, 11) is 0. The van der Waals surface area contributed by atoms with Crippen LogP contribution in [0.25, 0.3) is 0 Å². The number of urea groups is 1. The molecule has 0 spiro atoms. The van der Waals surface area contributed by atoms with Crippen molar-refractivity contribution in [1.29, 1.82) is 0 Å². The highest BCUT2D eigenvalue weighted by atomic mass is 79.9. The molecule has 2 aromatic carbocycles. The average Bonchev–Trinajstić information content (AvgIpc) is 2.98. The van der Waals surface area contributed by atoms with Gasteiger partial charge in [-0.2, -0.15) is 0 Å². The SMILES string of the molecule is O=C(Nc1ccc(Br)cc1F)N1CCCC1Cc1cccc(F)c1. The second-order valence-electron chi connectivity index (χ2n) is 5.88. The van der Waals surface area contributed by atoms with E-state index in [2.05, 4.69) is 21.2 Å². The maximum Gasteiger partial charge on any atom is 0.322 e. The van der Waals surface area contributed by atoms with E-state index < -0.39 is 5.82 Å². The fourth-order valence-electron chi connectivity index (χ4n) is 3.03. The minimum Gasteiger partial charge on any atom is -0.321 e. The average molecular weight is 395 g/mol. The van der Waals surface area contributed by atoms with E-state index in [1.807, 2.05) is 6.07 Å². The van der Waals surface area contributed by atoms with Crippen LogP contribution in [0.3, 0.4) is 0 Å². The first-order chi connectivity index (χ1) is 11.5. The number of hydrogen-bond acceptors (Lipinski definition) is 1. The van der Waals surface area contributed by atoms with Crippen molar-refractivity contribution in [2.24, 2.45) is 0 Å². The number of benzene rings is 2. The molecule has 1 unspecified atom stereocenters. The van der Waals surface area contributed by atoms with Gasteiger partial charge in [0.1, 0.15) is 11.6 Å². The van der Waals surface area contributed by atoms with Crippen molar-refractivity contribution in [1.82, 2.24) is 4.90 Å². The number of hydrogen-bond donors (Lipinski definition) is 1. The van der Waals surface area contributed by atoms with Crippen molar-refractivity contribution in [2.75, 3.05) is 11.9 Å². The van der Waals surface area contributed by atoms with E-state index in [4.69, 9.17) is 0 Å². The molecule has 1 aliphatic heterocycles. The molecule has 3 rings (SSSR count). The summed E-state index contributed by atoms with van der Waals surface area (Å²) in [4.78, 5) is 14.2. The molecule has 0 bridgehead atoms. The molecule has 1 N–H and O–H groups in total. The van der Waals surface area contributed by atoms with Gasteiger partial charge in [0.05, 0.1) is 5.69 Å². The van der Waals surface area contributed by atoms with Crippen LogP contribution >= 0.6 is 15.9 Å². The third-order valence-corrected chi connectivity index (χ3v) is 4.66. The van der Waals surface area contributed by atoms with E-state index in [9.17, 15) is 13.6 Å². The van der Waals surface area contributed by atoms with Gasteiger partial charge in [-0.1, -0.05) is 28.1 Å². The molecular formula is C18H17BrF2N2O. The quantitative estimate of drug-likeness (QED) is 0.783. The van der Waals surface area contributed by atoms with E-state index in [0.29, 0.717) is 17.4 Å². The number of carbonyl (C=O) groups is 1. The van der Waals surface area contributed by atoms with Crippen molar-refractivity contribution in [3.05, 3.63) is 64.1 Å². The van der Waals surface area contributed by atoms with Gasteiger partial charge in [-0.25, -0.2) is 13.6 Å². The summed E-state index contributed by atoms with van der Waals surface area (Å²) in [5.74, 6) is -0.767. The molecule has 2 aromatic rings. The second kappa shape index (κ2) is 7.30. The largest absolute Gasteiger partial charge is 0.322 e. The van der Waals surface area contributed by atoms with Crippen molar-refractivity contribution >= 4 is 27.6 Å². The first kappa shape index (κ1) is 16.9. The predicted octanol–water partition coefficient (Wildman–Crippen LogP) is 4.97. The maximum absolute atomic E-state index is 13.9. The normalized spacial score (nSPS) is 17.1. The van der Waals surface area contributed by atoms with Gasteiger partial charge >= 0.3 is 6.03 Å². The van der Waals surface area contributed by atoms with Crippen molar-refractivity contribution in [3.63, 3.8) is 0 Å². The van der Waals surface area contributed by atoms with Gasteiger partial charge in [0, 0.05) is 17.1 Å². The van der Waals surface area contributed by atoms with Gasteiger partial charge in [-0.15, -0.1) is 0 Å². The number of amides is 2. The summed E-state index contributed by atoms with van der Waals surface area (Å²) in [6, 6.07) is 10.6. The van der Waals surface area contributed by atoms with Crippen LogP contribution in [0.2, 0.25) is 0 Å². The number of anilines is 1. The maximum atomic E-state index is 13.9. The molecule has 1 aliphatic rings. The zero-order valence-electron chi connectivity index (χ0n) is 12.9. The molecule has 1 heterocycles. The Kier molecular flexibility index (Phi) is 5.14. The Morgan fingerprint density at radius 3 is 2.83 bits per heavy atom. The Labute approximate surface area is 147 Å². The number of carbonyl (C=O) groups excluding carboxylic acids is 1. The Hall–Kier alpha value is -1.95. The molecule has 2 amide bonds. The smallest absolute Gasteiger partial charge is 0.321 e. The zero-order valence-corrected chi connectivity index (χ0v) is 14.5. The summed E-state index contributed by atoms with van der Waals surface area (Å²) in [6.45, 7) is 0.615. The monoisotopic (exact) mass is 394 g/mol. The summed E-state index contributed by atoms with van der Waals surface area (Å²) >= 11 is 3.19. The van der Waals surface area contributed by atoms with Crippen LogP contribution in [0.4, 0.5) is 19.3 Å². The lowest BCUT2D eigenvalue weighted by Gasteiger charge is -2.25. The Morgan fingerprint density at radius 2 is 2.08 bits per heavy atom. The number of rotatable bonds is 3. The third kappa shape index (κ3) is 3.93. The summed E-state index contributed by atoms with van der Waals surface area (Å²) in [5, 5.41) is 2.62. The Balaban J connectivity index is 1.69. The molecule has 126 valence electrons. The van der Waals surface area contributed by atoms with Crippen molar-refractivity contribution in [2.45, 2.75) is 25.3 Å². The van der Waals surface area contributed by atoms with E-state index in [-0.39, 0.29) is 23.6 Å². The number of nitrogens with one attached hydrogen (secondary N) is 1. The fourth-order valence-corrected chi connectivity index (χ4v) is 3.36.